The van der Waals surface area contributed by atoms with E-state index >= 15 is 0 Å². The second-order valence-electron chi connectivity index (χ2n) is 4.91. The molecule has 2 aromatic carbocycles. The third-order valence-corrected chi connectivity index (χ3v) is 3.19. The van der Waals surface area contributed by atoms with E-state index in [0.717, 1.165) is 7.11 Å². The van der Waals surface area contributed by atoms with E-state index in [1.165, 1.54) is 24.3 Å². The fourth-order valence-electron chi connectivity index (χ4n) is 2.06. The second-order valence-corrected chi connectivity index (χ2v) is 4.91. The van der Waals surface area contributed by atoms with Crippen molar-refractivity contribution in [2.45, 2.75) is 12.4 Å². The van der Waals surface area contributed by atoms with Gasteiger partial charge in [0.1, 0.15) is 0 Å². The lowest BCUT2D eigenvalue weighted by Gasteiger charge is -2.22. The van der Waals surface area contributed by atoms with Crippen LogP contribution in [-0.4, -0.2) is 13.0 Å². The third kappa shape index (κ3) is 4.30. The number of hydroxylamine groups is 1. The molecule has 134 valence electrons. The van der Waals surface area contributed by atoms with Gasteiger partial charge in [-0.15, -0.1) is 0 Å². The topological polar surface area (TPSA) is 29.5 Å². The van der Waals surface area contributed by atoms with E-state index in [2.05, 4.69) is 0 Å². The quantitative estimate of drug-likeness (QED) is 0.572. The maximum Gasteiger partial charge on any atom is 0.416 e. The van der Waals surface area contributed by atoms with Crippen molar-refractivity contribution in [1.29, 1.82) is 0 Å². The lowest BCUT2D eigenvalue weighted by molar-refractivity contribution is -0.143. The van der Waals surface area contributed by atoms with Crippen LogP contribution >= 0.6 is 0 Å². The zero-order valence-electron chi connectivity index (χ0n) is 12.7. The van der Waals surface area contributed by atoms with Gasteiger partial charge < -0.3 is 0 Å². The Bertz CT molecular complexity index is 723. The average Bonchev–Trinajstić information content (AvgIpc) is 2.54. The number of hydrogen-bond donors (Lipinski definition) is 0. The first-order valence-corrected chi connectivity index (χ1v) is 6.77. The predicted molar refractivity (Wildman–Crippen MR) is 76.7 cm³/mol. The summed E-state index contributed by atoms with van der Waals surface area (Å²) in [6, 6.07) is 8.10. The number of halogens is 6. The molecule has 0 atom stereocenters. The molecule has 0 radical (unpaired) electrons. The molecule has 0 spiro atoms. The van der Waals surface area contributed by atoms with Crippen molar-refractivity contribution in [3.8, 4) is 0 Å². The summed E-state index contributed by atoms with van der Waals surface area (Å²) < 4.78 is 77.5. The number of anilines is 1. The zero-order chi connectivity index (χ0) is 18.8. The molecule has 0 heterocycles. The summed E-state index contributed by atoms with van der Waals surface area (Å²) in [6.07, 6.45) is -10.0. The minimum Gasteiger partial charge on any atom is -0.269 e. The van der Waals surface area contributed by atoms with E-state index in [0.29, 0.717) is 17.2 Å². The van der Waals surface area contributed by atoms with Crippen LogP contribution in [0.15, 0.2) is 48.5 Å². The van der Waals surface area contributed by atoms with Crippen LogP contribution in [0.3, 0.4) is 0 Å². The molecule has 2 aromatic rings. The maximum absolute atomic E-state index is 12.9. The predicted octanol–water partition coefficient (Wildman–Crippen LogP) is 4.93. The minimum atomic E-state index is -5.02. The van der Waals surface area contributed by atoms with E-state index in [1.54, 1.807) is 6.07 Å². The molecule has 0 unspecified atom stereocenters. The normalized spacial score (nSPS) is 12.1. The van der Waals surface area contributed by atoms with Crippen molar-refractivity contribution in [1.82, 2.24) is 0 Å². The number of nitrogens with zero attached hydrogens (tertiary/aromatic N) is 1. The molecule has 0 saturated carbocycles. The second kappa shape index (κ2) is 6.75. The molecule has 0 aliphatic carbocycles. The molecule has 0 aliphatic heterocycles. The first-order chi connectivity index (χ1) is 11.5. The number of amides is 1. The van der Waals surface area contributed by atoms with Gasteiger partial charge in [-0.25, -0.2) is 0 Å². The molecule has 9 heteroatoms. The Morgan fingerprint density at radius 2 is 1.36 bits per heavy atom. The number of alkyl halides is 6. The average molecular weight is 363 g/mol. The highest BCUT2D eigenvalue weighted by Crippen LogP contribution is 2.38. The van der Waals surface area contributed by atoms with Crippen LogP contribution in [0.25, 0.3) is 0 Å². The number of carbonyl (C=O) groups is 1. The van der Waals surface area contributed by atoms with Gasteiger partial charge >= 0.3 is 12.4 Å². The smallest absolute Gasteiger partial charge is 0.269 e. The van der Waals surface area contributed by atoms with Crippen LogP contribution in [0.2, 0.25) is 0 Å². The Kier molecular flexibility index (Phi) is 5.07. The number of hydrogen-bond acceptors (Lipinski definition) is 2. The lowest BCUT2D eigenvalue weighted by Crippen LogP contribution is -2.30. The van der Waals surface area contributed by atoms with Gasteiger partial charge in [0.25, 0.3) is 5.91 Å². The van der Waals surface area contributed by atoms with Crippen LogP contribution in [-0.2, 0) is 17.2 Å². The molecule has 0 N–H and O–H groups in total. The van der Waals surface area contributed by atoms with Crippen molar-refractivity contribution in [2.75, 3.05) is 12.2 Å². The van der Waals surface area contributed by atoms with Crippen molar-refractivity contribution in [3.05, 3.63) is 65.2 Å². The molecule has 0 bridgehead atoms. The molecule has 3 nitrogen and oxygen atoms in total. The maximum atomic E-state index is 12.9. The number of rotatable bonds is 3. The van der Waals surface area contributed by atoms with E-state index in [1.807, 2.05) is 0 Å². The van der Waals surface area contributed by atoms with Gasteiger partial charge in [0.15, 0.2) is 0 Å². The van der Waals surface area contributed by atoms with Crippen molar-refractivity contribution >= 4 is 11.6 Å². The van der Waals surface area contributed by atoms with Crippen molar-refractivity contribution in [3.63, 3.8) is 0 Å². The first kappa shape index (κ1) is 18.8. The fourth-order valence-corrected chi connectivity index (χ4v) is 2.06. The lowest BCUT2D eigenvalue weighted by atomic mass is 10.1. The largest absolute Gasteiger partial charge is 0.416 e. The van der Waals surface area contributed by atoms with Gasteiger partial charge in [-0.3, -0.25) is 9.63 Å². The van der Waals surface area contributed by atoms with Gasteiger partial charge in [-0.1, -0.05) is 18.2 Å². The van der Waals surface area contributed by atoms with Gasteiger partial charge in [-0.05, 0) is 30.3 Å². The van der Waals surface area contributed by atoms with Crippen LogP contribution < -0.4 is 5.06 Å². The fraction of sp³-hybridized carbons (Fsp3) is 0.188. The van der Waals surface area contributed by atoms with Gasteiger partial charge in [0.2, 0.25) is 0 Å². The minimum absolute atomic E-state index is 0.0235. The van der Waals surface area contributed by atoms with E-state index < -0.39 is 35.1 Å². The Morgan fingerprint density at radius 1 is 0.880 bits per heavy atom. The van der Waals surface area contributed by atoms with Crippen molar-refractivity contribution < 1.29 is 36.0 Å². The molecular weight excluding hydrogens is 352 g/mol. The summed E-state index contributed by atoms with van der Waals surface area (Å²) in [5.74, 6) is -0.907. The highest BCUT2D eigenvalue weighted by Gasteiger charge is 2.38. The van der Waals surface area contributed by atoms with Gasteiger partial charge in [0, 0.05) is 5.56 Å². The number of carbonyl (C=O) groups excluding carboxylic acids is 1. The molecule has 0 aliphatic rings. The SMILES string of the molecule is CON(C(=O)c1ccccc1)c1cc(C(F)(F)F)cc(C(F)(F)F)c1. The molecule has 1 amide bonds. The van der Waals surface area contributed by atoms with Gasteiger partial charge in [0.05, 0.1) is 23.9 Å². The summed E-state index contributed by atoms with van der Waals surface area (Å²) in [5, 5.41) is 0.375. The highest BCUT2D eigenvalue weighted by molar-refractivity contribution is 6.04. The zero-order valence-corrected chi connectivity index (χ0v) is 12.7. The molecule has 0 saturated heterocycles. The molecular formula is C16H11F6NO2. The molecule has 0 fully saturated rings. The molecule has 0 aromatic heterocycles. The third-order valence-electron chi connectivity index (χ3n) is 3.19. The Morgan fingerprint density at radius 3 is 1.76 bits per heavy atom. The van der Waals surface area contributed by atoms with E-state index in [4.69, 9.17) is 4.84 Å². The Hall–Kier alpha value is -2.55. The van der Waals surface area contributed by atoms with Gasteiger partial charge in [-0.2, -0.15) is 31.4 Å². The number of benzene rings is 2. The van der Waals surface area contributed by atoms with Crippen LogP contribution in [0.1, 0.15) is 21.5 Å². The molecule has 2 rings (SSSR count). The standard InChI is InChI=1S/C16H11F6NO2/c1-25-23(14(24)10-5-3-2-4-6-10)13-8-11(15(17,18)19)7-12(9-13)16(20,21)22/h2-9H,1H3. The van der Waals surface area contributed by atoms with Crippen LogP contribution in [0.4, 0.5) is 32.0 Å². The summed E-state index contributed by atoms with van der Waals surface area (Å²) >= 11 is 0. The summed E-state index contributed by atoms with van der Waals surface area (Å²) in [6.45, 7) is 0. The summed E-state index contributed by atoms with van der Waals surface area (Å²) in [4.78, 5) is 17.1. The monoisotopic (exact) mass is 363 g/mol. The van der Waals surface area contributed by atoms with E-state index in [-0.39, 0.29) is 11.6 Å². The van der Waals surface area contributed by atoms with Crippen LogP contribution in [0.5, 0.6) is 0 Å². The summed E-state index contributed by atoms with van der Waals surface area (Å²) in [7, 11) is 0.967. The van der Waals surface area contributed by atoms with E-state index in [9.17, 15) is 31.1 Å². The molecule has 25 heavy (non-hydrogen) atoms. The highest BCUT2D eigenvalue weighted by atomic mass is 19.4. The Labute approximate surface area is 138 Å². The van der Waals surface area contributed by atoms with Crippen molar-refractivity contribution in [2.24, 2.45) is 0 Å². The summed E-state index contributed by atoms with van der Waals surface area (Å²) in [5.41, 5.74) is -3.73. The Balaban J connectivity index is 2.57. The van der Waals surface area contributed by atoms with Crippen LogP contribution in [0, 0.1) is 0 Å². The first-order valence-electron chi connectivity index (χ1n) is 6.77.